The third-order valence-corrected chi connectivity index (χ3v) is 3.23. The Morgan fingerprint density at radius 3 is 2.94 bits per heavy atom. The lowest BCUT2D eigenvalue weighted by molar-refractivity contribution is 0.590. The molecular formula is C14H15N3. The van der Waals surface area contributed by atoms with Gasteiger partial charge in [-0.15, -0.1) is 0 Å². The zero-order chi connectivity index (χ0) is 11.5. The van der Waals surface area contributed by atoms with Crippen LogP contribution in [0, 0.1) is 0 Å². The summed E-state index contributed by atoms with van der Waals surface area (Å²) in [6, 6.07) is 12.8. The van der Waals surface area contributed by atoms with Gasteiger partial charge in [-0.2, -0.15) is 10.2 Å². The smallest absolute Gasteiger partial charge is 0.0846 e. The van der Waals surface area contributed by atoms with Gasteiger partial charge in [-0.3, -0.25) is 0 Å². The third kappa shape index (κ3) is 2.06. The van der Waals surface area contributed by atoms with Gasteiger partial charge in [0.05, 0.1) is 11.7 Å². The summed E-state index contributed by atoms with van der Waals surface area (Å²) >= 11 is 0. The van der Waals surface area contributed by atoms with Crippen LogP contribution >= 0.6 is 0 Å². The Bertz CT molecular complexity index is 496. The second-order valence-corrected chi connectivity index (χ2v) is 4.34. The van der Waals surface area contributed by atoms with E-state index in [9.17, 15) is 0 Å². The number of aromatic nitrogens is 2. The average molecular weight is 225 g/mol. The molecule has 3 heteroatoms. The van der Waals surface area contributed by atoms with Crippen LogP contribution in [0.1, 0.15) is 29.3 Å². The minimum Gasteiger partial charge on any atom is -0.305 e. The first-order valence-electron chi connectivity index (χ1n) is 6.04. The Hall–Kier alpha value is -1.74. The number of benzene rings is 1. The minimum atomic E-state index is 0.183. The normalized spacial score (nSPS) is 19.4. The van der Waals surface area contributed by atoms with Gasteiger partial charge in [0.25, 0.3) is 0 Å². The maximum Gasteiger partial charge on any atom is 0.0846 e. The molecule has 0 amide bonds. The monoisotopic (exact) mass is 225 g/mol. The summed E-state index contributed by atoms with van der Waals surface area (Å²) in [5.74, 6) is 0. The predicted octanol–water partition coefficient (Wildman–Crippen LogP) is 2.10. The molecule has 2 heterocycles. The second-order valence-electron chi connectivity index (χ2n) is 4.34. The maximum absolute atomic E-state index is 4.23. The summed E-state index contributed by atoms with van der Waals surface area (Å²) in [4.78, 5) is 0. The summed E-state index contributed by atoms with van der Waals surface area (Å²) in [5.41, 5.74) is 3.76. The van der Waals surface area contributed by atoms with Gasteiger partial charge in [-0.1, -0.05) is 24.3 Å². The SMILES string of the molecule is c1cnnc(C2NCCCc3ccccc32)c1. The molecule has 1 aromatic heterocycles. The molecule has 0 aliphatic carbocycles. The molecule has 1 aliphatic rings. The van der Waals surface area contributed by atoms with E-state index in [0.717, 1.165) is 18.7 Å². The molecule has 0 spiro atoms. The molecule has 0 bridgehead atoms. The van der Waals surface area contributed by atoms with Crippen molar-refractivity contribution in [3.05, 3.63) is 59.4 Å². The predicted molar refractivity (Wildman–Crippen MR) is 66.6 cm³/mol. The third-order valence-electron chi connectivity index (χ3n) is 3.23. The van der Waals surface area contributed by atoms with Crippen molar-refractivity contribution in [1.29, 1.82) is 0 Å². The van der Waals surface area contributed by atoms with Crippen molar-refractivity contribution in [3.8, 4) is 0 Å². The Kier molecular flexibility index (Phi) is 2.84. The molecule has 1 atom stereocenters. The van der Waals surface area contributed by atoms with Crippen LogP contribution in [0.5, 0.6) is 0 Å². The number of rotatable bonds is 1. The van der Waals surface area contributed by atoms with Gasteiger partial charge in [-0.05, 0) is 42.6 Å². The van der Waals surface area contributed by atoms with Crippen LogP contribution < -0.4 is 5.32 Å². The second kappa shape index (κ2) is 4.63. The van der Waals surface area contributed by atoms with E-state index < -0.39 is 0 Å². The van der Waals surface area contributed by atoms with E-state index in [0.29, 0.717) is 0 Å². The summed E-state index contributed by atoms with van der Waals surface area (Å²) < 4.78 is 0. The summed E-state index contributed by atoms with van der Waals surface area (Å²) in [7, 11) is 0. The first-order valence-corrected chi connectivity index (χ1v) is 6.04. The van der Waals surface area contributed by atoms with Crippen LogP contribution in [0.25, 0.3) is 0 Å². The first kappa shape index (κ1) is 10.4. The molecule has 0 saturated carbocycles. The van der Waals surface area contributed by atoms with E-state index in [1.54, 1.807) is 6.20 Å². The molecule has 0 radical (unpaired) electrons. The summed E-state index contributed by atoms with van der Waals surface area (Å²) in [5, 5.41) is 11.8. The van der Waals surface area contributed by atoms with E-state index in [4.69, 9.17) is 0 Å². The van der Waals surface area contributed by atoms with Crippen molar-refractivity contribution in [3.63, 3.8) is 0 Å². The van der Waals surface area contributed by atoms with Gasteiger partial charge in [-0.25, -0.2) is 0 Å². The van der Waals surface area contributed by atoms with Crippen molar-refractivity contribution >= 4 is 0 Å². The lowest BCUT2D eigenvalue weighted by Crippen LogP contribution is -2.23. The van der Waals surface area contributed by atoms with Crippen LogP contribution in [0.3, 0.4) is 0 Å². The fourth-order valence-electron chi connectivity index (χ4n) is 2.41. The van der Waals surface area contributed by atoms with Crippen molar-refractivity contribution in [2.45, 2.75) is 18.9 Å². The van der Waals surface area contributed by atoms with Crippen molar-refractivity contribution in [2.75, 3.05) is 6.54 Å². The molecule has 0 saturated heterocycles. The molecule has 1 aliphatic heterocycles. The van der Waals surface area contributed by atoms with E-state index in [1.807, 2.05) is 12.1 Å². The fourth-order valence-corrected chi connectivity index (χ4v) is 2.41. The molecule has 1 unspecified atom stereocenters. The summed E-state index contributed by atoms with van der Waals surface area (Å²) in [6.07, 6.45) is 4.03. The maximum atomic E-state index is 4.23. The lowest BCUT2D eigenvalue weighted by atomic mass is 9.97. The van der Waals surface area contributed by atoms with Gasteiger partial charge in [0.1, 0.15) is 0 Å². The van der Waals surface area contributed by atoms with Crippen LogP contribution in [0.2, 0.25) is 0 Å². The highest BCUT2D eigenvalue weighted by atomic mass is 15.1. The highest BCUT2D eigenvalue weighted by Gasteiger charge is 2.20. The lowest BCUT2D eigenvalue weighted by Gasteiger charge is -2.17. The zero-order valence-electron chi connectivity index (χ0n) is 9.63. The number of hydrogen-bond acceptors (Lipinski definition) is 3. The number of nitrogens with one attached hydrogen (secondary N) is 1. The highest BCUT2D eigenvalue weighted by molar-refractivity contribution is 5.35. The standard InChI is InChI=1S/C14H15N3/c1-2-7-12-11(5-1)6-3-9-15-14(12)13-8-4-10-16-17-13/h1-2,4-5,7-8,10,14-15H,3,6,9H2. The Labute approximate surface area is 101 Å². The number of aryl methyl sites for hydroxylation is 1. The van der Waals surface area contributed by atoms with Gasteiger partial charge >= 0.3 is 0 Å². The molecule has 3 rings (SSSR count). The quantitative estimate of drug-likeness (QED) is 0.807. The van der Waals surface area contributed by atoms with Crippen LogP contribution in [-0.2, 0) is 6.42 Å². The minimum absolute atomic E-state index is 0.183. The van der Waals surface area contributed by atoms with E-state index >= 15 is 0 Å². The molecular weight excluding hydrogens is 210 g/mol. The van der Waals surface area contributed by atoms with E-state index in [2.05, 4.69) is 39.8 Å². The number of nitrogens with zero attached hydrogens (tertiary/aromatic N) is 2. The van der Waals surface area contributed by atoms with Crippen molar-refractivity contribution < 1.29 is 0 Å². The van der Waals surface area contributed by atoms with E-state index in [1.165, 1.54) is 17.5 Å². The Morgan fingerprint density at radius 1 is 1.12 bits per heavy atom. The van der Waals surface area contributed by atoms with Crippen molar-refractivity contribution in [2.24, 2.45) is 0 Å². The average Bonchev–Trinajstić information content (AvgIpc) is 2.62. The fraction of sp³-hybridized carbons (Fsp3) is 0.286. The number of fused-ring (bicyclic) bond motifs is 1. The zero-order valence-corrected chi connectivity index (χ0v) is 9.63. The highest BCUT2D eigenvalue weighted by Crippen LogP contribution is 2.26. The van der Waals surface area contributed by atoms with Crippen LogP contribution in [0.15, 0.2) is 42.6 Å². The largest absolute Gasteiger partial charge is 0.305 e. The van der Waals surface area contributed by atoms with Gasteiger partial charge < -0.3 is 5.32 Å². The van der Waals surface area contributed by atoms with Gasteiger partial charge in [0.15, 0.2) is 0 Å². The molecule has 17 heavy (non-hydrogen) atoms. The first-order chi connectivity index (χ1) is 8.45. The molecule has 1 N–H and O–H groups in total. The molecule has 3 nitrogen and oxygen atoms in total. The van der Waals surface area contributed by atoms with E-state index in [-0.39, 0.29) is 6.04 Å². The topological polar surface area (TPSA) is 37.8 Å². The Balaban J connectivity index is 2.06. The van der Waals surface area contributed by atoms with Crippen LogP contribution in [0.4, 0.5) is 0 Å². The molecule has 86 valence electrons. The Morgan fingerprint density at radius 2 is 2.06 bits per heavy atom. The molecule has 0 fully saturated rings. The van der Waals surface area contributed by atoms with Crippen LogP contribution in [-0.4, -0.2) is 16.7 Å². The molecule has 1 aromatic carbocycles. The molecule has 2 aromatic rings. The number of hydrogen-bond donors (Lipinski definition) is 1. The van der Waals surface area contributed by atoms with Gasteiger partial charge in [0.2, 0.25) is 0 Å². The van der Waals surface area contributed by atoms with Gasteiger partial charge in [0, 0.05) is 6.20 Å². The van der Waals surface area contributed by atoms with Crippen molar-refractivity contribution in [1.82, 2.24) is 15.5 Å². The summed E-state index contributed by atoms with van der Waals surface area (Å²) in [6.45, 7) is 1.02.